The minimum Gasteiger partial charge on any atom is -0.346 e. The highest BCUT2D eigenvalue weighted by molar-refractivity contribution is 5.93. The predicted octanol–water partition coefficient (Wildman–Crippen LogP) is 2.23. The number of piperidine rings is 1. The lowest BCUT2D eigenvalue weighted by Crippen LogP contribution is -2.50. The quantitative estimate of drug-likeness (QED) is 0.812. The Labute approximate surface area is 136 Å². The molecule has 1 aromatic heterocycles. The van der Waals surface area contributed by atoms with Crippen LogP contribution in [0, 0.1) is 5.92 Å². The maximum Gasteiger partial charge on any atom is 0.269 e. The van der Waals surface area contributed by atoms with Crippen LogP contribution in [0.15, 0.2) is 36.4 Å². The second-order valence-corrected chi connectivity index (χ2v) is 5.58. The van der Waals surface area contributed by atoms with Gasteiger partial charge in [-0.25, -0.2) is 0 Å². The first-order chi connectivity index (χ1) is 10.2. The molecule has 2 unspecified atom stereocenters. The number of hydrogen-bond donors (Lipinski definition) is 3. The Morgan fingerprint density at radius 3 is 2.82 bits per heavy atom. The van der Waals surface area contributed by atoms with Crippen molar-refractivity contribution in [1.29, 1.82) is 0 Å². The lowest BCUT2D eigenvalue weighted by atomic mass is 9.95. The van der Waals surface area contributed by atoms with Crippen LogP contribution in [0.5, 0.6) is 0 Å². The molecule has 118 valence electrons. The van der Waals surface area contributed by atoms with E-state index in [1.807, 2.05) is 30.3 Å². The Hall–Kier alpha value is -1.85. The van der Waals surface area contributed by atoms with Gasteiger partial charge in [-0.15, -0.1) is 12.4 Å². The number of nitrogens with zero attached hydrogens (tertiary/aromatic N) is 1. The van der Waals surface area contributed by atoms with Gasteiger partial charge in [0.05, 0.1) is 5.69 Å². The van der Waals surface area contributed by atoms with E-state index >= 15 is 0 Å². The number of rotatable bonds is 3. The van der Waals surface area contributed by atoms with Crippen molar-refractivity contribution in [1.82, 2.24) is 20.8 Å². The zero-order valence-electron chi connectivity index (χ0n) is 12.5. The van der Waals surface area contributed by atoms with Crippen LogP contribution in [0.1, 0.15) is 23.8 Å². The highest BCUT2D eigenvalue weighted by Crippen LogP contribution is 2.17. The van der Waals surface area contributed by atoms with Crippen LogP contribution in [0.4, 0.5) is 0 Å². The third-order valence-electron chi connectivity index (χ3n) is 4.04. The molecule has 5 nitrogen and oxygen atoms in total. The van der Waals surface area contributed by atoms with Gasteiger partial charge in [0, 0.05) is 18.2 Å². The zero-order chi connectivity index (χ0) is 14.7. The Kier molecular flexibility index (Phi) is 5.57. The minimum atomic E-state index is -0.0924. The fourth-order valence-corrected chi connectivity index (χ4v) is 2.62. The standard InChI is InChI=1S/C16H20N4O.ClH/c1-11-7-8-17-10-15(11)18-16(21)14-9-13(19-20-14)12-5-3-2-4-6-12;/h2-6,9,11,15,17H,7-8,10H2,1H3,(H,18,21)(H,19,20);1H. The molecule has 0 spiro atoms. The number of nitrogens with one attached hydrogen (secondary N) is 3. The normalized spacial score (nSPS) is 21.0. The summed E-state index contributed by atoms with van der Waals surface area (Å²) in [5, 5.41) is 13.4. The van der Waals surface area contributed by atoms with Crippen LogP contribution in [0.25, 0.3) is 11.3 Å². The van der Waals surface area contributed by atoms with Crippen molar-refractivity contribution in [2.24, 2.45) is 5.92 Å². The van der Waals surface area contributed by atoms with E-state index in [4.69, 9.17) is 0 Å². The molecule has 22 heavy (non-hydrogen) atoms. The number of carbonyl (C=O) groups excluding carboxylic acids is 1. The first-order valence-electron chi connectivity index (χ1n) is 7.36. The Bertz CT molecular complexity index is 614. The smallest absolute Gasteiger partial charge is 0.269 e. The number of halogens is 1. The molecule has 6 heteroatoms. The summed E-state index contributed by atoms with van der Waals surface area (Å²) in [5.74, 6) is 0.400. The van der Waals surface area contributed by atoms with Gasteiger partial charge in [0.15, 0.2) is 0 Å². The molecule has 3 N–H and O–H groups in total. The van der Waals surface area contributed by atoms with Gasteiger partial charge in [0.25, 0.3) is 5.91 Å². The number of amides is 1. The third kappa shape index (κ3) is 3.67. The van der Waals surface area contributed by atoms with Gasteiger partial charge in [0.2, 0.25) is 0 Å². The van der Waals surface area contributed by atoms with Crippen molar-refractivity contribution >= 4 is 18.3 Å². The maximum absolute atomic E-state index is 12.3. The Morgan fingerprint density at radius 2 is 2.09 bits per heavy atom. The predicted molar refractivity (Wildman–Crippen MR) is 89.2 cm³/mol. The van der Waals surface area contributed by atoms with Gasteiger partial charge in [-0.3, -0.25) is 9.89 Å². The topological polar surface area (TPSA) is 69.8 Å². The van der Waals surface area contributed by atoms with Gasteiger partial charge >= 0.3 is 0 Å². The molecule has 3 rings (SSSR count). The van der Waals surface area contributed by atoms with Crippen molar-refractivity contribution < 1.29 is 4.79 Å². The van der Waals surface area contributed by atoms with Crippen molar-refractivity contribution in [3.8, 4) is 11.3 Å². The van der Waals surface area contributed by atoms with Crippen LogP contribution in [0.2, 0.25) is 0 Å². The first-order valence-corrected chi connectivity index (χ1v) is 7.36. The molecule has 1 aliphatic heterocycles. The average molecular weight is 321 g/mol. The van der Waals surface area contributed by atoms with Crippen molar-refractivity contribution in [3.05, 3.63) is 42.1 Å². The number of H-pyrrole nitrogens is 1. The molecule has 0 bridgehead atoms. The molecule has 1 saturated heterocycles. The molecule has 0 saturated carbocycles. The van der Waals surface area contributed by atoms with Gasteiger partial charge in [0.1, 0.15) is 5.69 Å². The van der Waals surface area contributed by atoms with Gasteiger partial charge in [-0.1, -0.05) is 37.3 Å². The van der Waals surface area contributed by atoms with Crippen LogP contribution in [-0.2, 0) is 0 Å². The van der Waals surface area contributed by atoms with Gasteiger partial charge < -0.3 is 10.6 Å². The van der Waals surface area contributed by atoms with E-state index in [1.165, 1.54) is 0 Å². The molecular weight excluding hydrogens is 300 g/mol. The molecule has 2 atom stereocenters. The summed E-state index contributed by atoms with van der Waals surface area (Å²) < 4.78 is 0. The molecule has 2 heterocycles. The van der Waals surface area contributed by atoms with Gasteiger partial charge in [-0.2, -0.15) is 5.10 Å². The summed E-state index contributed by atoms with van der Waals surface area (Å²) in [7, 11) is 0. The second kappa shape index (κ2) is 7.42. The molecule has 1 fully saturated rings. The molecular formula is C16H21ClN4O. The Balaban J connectivity index is 0.00000176. The monoisotopic (exact) mass is 320 g/mol. The third-order valence-corrected chi connectivity index (χ3v) is 4.04. The van der Waals surface area contributed by atoms with Crippen LogP contribution >= 0.6 is 12.4 Å². The molecule has 2 aromatic rings. The highest BCUT2D eigenvalue weighted by Gasteiger charge is 2.23. The first kappa shape index (κ1) is 16.5. The second-order valence-electron chi connectivity index (χ2n) is 5.58. The fraction of sp³-hybridized carbons (Fsp3) is 0.375. The van der Waals surface area contributed by atoms with E-state index in [1.54, 1.807) is 6.07 Å². The van der Waals surface area contributed by atoms with E-state index in [9.17, 15) is 4.79 Å². The largest absolute Gasteiger partial charge is 0.346 e. The summed E-state index contributed by atoms with van der Waals surface area (Å²) >= 11 is 0. The molecule has 0 radical (unpaired) electrons. The van der Waals surface area contributed by atoms with Crippen LogP contribution in [-0.4, -0.2) is 35.2 Å². The summed E-state index contributed by atoms with van der Waals surface area (Å²) in [6.07, 6.45) is 1.09. The lowest BCUT2D eigenvalue weighted by molar-refractivity contribution is 0.0910. The highest BCUT2D eigenvalue weighted by atomic mass is 35.5. The molecule has 0 aliphatic carbocycles. The summed E-state index contributed by atoms with van der Waals surface area (Å²) in [4.78, 5) is 12.3. The maximum atomic E-state index is 12.3. The zero-order valence-corrected chi connectivity index (χ0v) is 13.3. The number of benzene rings is 1. The average Bonchev–Trinajstić information content (AvgIpc) is 3.00. The van der Waals surface area contributed by atoms with Crippen molar-refractivity contribution in [3.63, 3.8) is 0 Å². The molecule has 1 aromatic carbocycles. The van der Waals surface area contributed by atoms with Crippen molar-refractivity contribution in [2.75, 3.05) is 13.1 Å². The Morgan fingerprint density at radius 1 is 1.32 bits per heavy atom. The van der Waals surface area contributed by atoms with E-state index in [0.29, 0.717) is 11.6 Å². The summed E-state index contributed by atoms with van der Waals surface area (Å²) in [6, 6.07) is 11.8. The SMILES string of the molecule is CC1CCNCC1NC(=O)c1cc(-c2ccccc2)n[nH]1.Cl. The van der Waals surface area contributed by atoms with E-state index in [-0.39, 0.29) is 24.4 Å². The minimum absolute atomic E-state index is 0. The lowest BCUT2D eigenvalue weighted by Gasteiger charge is -2.29. The number of aromatic nitrogens is 2. The van der Waals surface area contributed by atoms with E-state index in [0.717, 1.165) is 30.8 Å². The number of hydrogen-bond acceptors (Lipinski definition) is 3. The number of carbonyl (C=O) groups is 1. The number of aromatic amines is 1. The van der Waals surface area contributed by atoms with Crippen LogP contribution < -0.4 is 10.6 Å². The van der Waals surface area contributed by atoms with E-state index in [2.05, 4.69) is 27.8 Å². The van der Waals surface area contributed by atoms with Gasteiger partial charge in [-0.05, 0) is 24.9 Å². The molecule has 1 aliphatic rings. The summed E-state index contributed by atoms with van der Waals surface area (Å²) in [5.41, 5.74) is 2.29. The van der Waals surface area contributed by atoms with Crippen LogP contribution in [0.3, 0.4) is 0 Å². The molecule has 1 amide bonds. The van der Waals surface area contributed by atoms with E-state index < -0.39 is 0 Å². The van der Waals surface area contributed by atoms with Crippen molar-refractivity contribution in [2.45, 2.75) is 19.4 Å². The fourth-order valence-electron chi connectivity index (χ4n) is 2.62. The summed E-state index contributed by atoms with van der Waals surface area (Å²) in [6.45, 7) is 4.02.